The first kappa shape index (κ1) is 50.9. The van der Waals surface area contributed by atoms with E-state index in [2.05, 4.69) is 16.0 Å². The van der Waals surface area contributed by atoms with Gasteiger partial charge in [0.2, 0.25) is 29.5 Å². The van der Waals surface area contributed by atoms with Gasteiger partial charge in [-0.15, -0.1) is 11.8 Å². The lowest BCUT2D eigenvalue weighted by atomic mass is 10.2. The van der Waals surface area contributed by atoms with Gasteiger partial charge in [0.1, 0.15) is 18.6 Å². The molecule has 1 heterocycles. The van der Waals surface area contributed by atoms with Crippen LogP contribution in [0.1, 0.15) is 45.4 Å². The Kier molecular flexibility index (Phi) is 33.0. The van der Waals surface area contributed by atoms with Gasteiger partial charge in [-0.1, -0.05) is 6.92 Å². The molecular weight excluding hydrogens is 760 g/mol. The predicted molar refractivity (Wildman–Crippen MR) is 203 cm³/mol. The maximum absolute atomic E-state index is 12.8. The second-order valence-corrected chi connectivity index (χ2v) is 13.2. The summed E-state index contributed by atoms with van der Waals surface area (Å²) in [5.41, 5.74) is 0. The zero-order valence-electron chi connectivity index (χ0n) is 32.7. The number of carbonyl (C=O) groups is 7. The summed E-state index contributed by atoms with van der Waals surface area (Å²) in [5, 5.41) is 7.51. The molecule has 20 heteroatoms. The largest absolute Gasteiger partial charge is 0.379 e. The summed E-state index contributed by atoms with van der Waals surface area (Å²) in [6.07, 6.45) is 2.74. The van der Waals surface area contributed by atoms with Gasteiger partial charge in [0.25, 0.3) is 0 Å². The number of rotatable bonds is 40. The van der Waals surface area contributed by atoms with E-state index in [0.717, 1.165) is 17.5 Å². The van der Waals surface area contributed by atoms with E-state index in [4.69, 9.17) is 37.9 Å². The molecule has 1 saturated heterocycles. The lowest BCUT2D eigenvalue weighted by Gasteiger charge is -2.17. The third-order valence-corrected chi connectivity index (χ3v) is 8.79. The first-order chi connectivity index (χ1) is 27.3. The van der Waals surface area contributed by atoms with Crippen molar-refractivity contribution in [2.24, 2.45) is 0 Å². The van der Waals surface area contributed by atoms with Crippen molar-refractivity contribution in [1.29, 1.82) is 0 Å². The van der Waals surface area contributed by atoms with Crippen molar-refractivity contribution in [2.75, 3.05) is 131 Å². The number of ether oxygens (including phenoxy) is 8. The SMILES string of the molecule is CC[C@@H](NC(=O)CCSC1CC(=O)N(CCC(=O)NCCOCCOCCOCCOCCC=O)C1=O)C(=O)NCCOCCOCCOCCOCCC=O. The minimum absolute atomic E-state index is 0.00486. The van der Waals surface area contributed by atoms with Gasteiger partial charge < -0.3 is 63.4 Å². The molecule has 0 bridgehead atoms. The number of thioether (sulfide) groups is 1. The fourth-order valence-corrected chi connectivity index (χ4v) is 5.77. The van der Waals surface area contributed by atoms with Gasteiger partial charge in [0.15, 0.2) is 0 Å². The molecule has 3 N–H and O–H groups in total. The third-order valence-electron chi connectivity index (χ3n) is 7.58. The Morgan fingerprint density at radius 3 is 1.57 bits per heavy atom. The topological polar surface area (TPSA) is 233 Å². The molecule has 0 saturated carbocycles. The first-order valence-electron chi connectivity index (χ1n) is 19.1. The Labute approximate surface area is 333 Å². The fourth-order valence-electron chi connectivity index (χ4n) is 4.65. The van der Waals surface area contributed by atoms with Crippen molar-refractivity contribution >= 4 is 53.9 Å². The minimum atomic E-state index is -0.725. The molecule has 19 nitrogen and oxygen atoms in total. The summed E-state index contributed by atoms with van der Waals surface area (Å²) in [6.45, 7) is 8.31. The highest BCUT2D eigenvalue weighted by molar-refractivity contribution is 8.00. The molecule has 1 unspecified atom stereocenters. The Hall–Kier alpha value is -3.08. The van der Waals surface area contributed by atoms with E-state index in [1.54, 1.807) is 6.92 Å². The molecule has 0 aromatic rings. The van der Waals surface area contributed by atoms with Crippen LogP contribution >= 0.6 is 11.8 Å². The van der Waals surface area contributed by atoms with Crippen molar-refractivity contribution in [1.82, 2.24) is 20.9 Å². The lowest BCUT2D eigenvalue weighted by Crippen LogP contribution is -2.47. The van der Waals surface area contributed by atoms with E-state index in [1.807, 2.05) is 0 Å². The summed E-state index contributed by atoms with van der Waals surface area (Å²) in [6, 6.07) is -0.725. The van der Waals surface area contributed by atoms with Gasteiger partial charge in [0, 0.05) is 57.5 Å². The molecule has 0 aromatic carbocycles. The van der Waals surface area contributed by atoms with Crippen LogP contribution in [0.3, 0.4) is 0 Å². The molecule has 0 aromatic heterocycles. The van der Waals surface area contributed by atoms with Crippen molar-refractivity contribution in [3.05, 3.63) is 0 Å². The molecule has 1 aliphatic rings. The summed E-state index contributed by atoms with van der Waals surface area (Å²) < 4.78 is 42.7. The van der Waals surface area contributed by atoms with Crippen molar-refractivity contribution in [3.8, 4) is 0 Å². The fraction of sp³-hybridized carbons (Fsp3) is 0.806. The highest BCUT2D eigenvalue weighted by atomic mass is 32.2. The van der Waals surface area contributed by atoms with Gasteiger partial charge in [0.05, 0.1) is 111 Å². The average molecular weight is 823 g/mol. The van der Waals surface area contributed by atoms with E-state index >= 15 is 0 Å². The standard InChI is InChI=1S/C36H62N4O15S/c1-2-30(35(46)38-8-15-51-19-23-55-27-25-53-21-17-49-13-4-11-42)39-33(44)6-28-56-31-29-34(45)40(36(31)47)9-5-32(43)37-7-14-50-18-22-54-26-24-52-20-16-48-12-3-10-41/h10-11,30-31H,2-9,12-29H2,1H3,(H,37,43)(H,38,46)(H,39,44)/t30-,31?/m1/s1. The summed E-state index contributed by atoms with van der Waals surface area (Å²) in [5.74, 6) is -1.47. The normalized spacial score (nSPS) is 14.5. The number of hydrogen-bond donors (Lipinski definition) is 3. The number of carbonyl (C=O) groups excluding carboxylic acids is 7. The number of nitrogens with one attached hydrogen (secondary N) is 3. The van der Waals surface area contributed by atoms with Crippen molar-refractivity contribution in [3.63, 3.8) is 0 Å². The molecular formula is C36H62N4O15S. The summed E-state index contributed by atoms with van der Waals surface area (Å²) in [4.78, 5) is 84.1. The van der Waals surface area contributed by atoms with Crippen molar-refractivity contribution in [2.45, 2.75) is 56.7 Å². The molecule has 56 heavy (non-hydrogen) atoms. The Morgan fingerprint density at radius 1 is 0.661 bits per heavy atom. The molecule has 322 valence electrons. The molecule has 2 atom stereocenters. The van der Waals surface area contributed by atoms with Gasteiger partial charge in [-0.05, 0) is 6.42 Å². The lowest BCUT2D eigenvalue weighted by molar-refractivity contribution is -0.138. The van der Waals surface area contributed by atoms with E-state index < -0.39 is 11.3 Å². The zero-order valence-corrected chi connectivity index (χ0v) is 33.5. The Morgan fingerprint density at radius 2 is 1.11 bits per heavy atom. The van der Waals surface area contributed by atoms with E-state index in [9.17, 15) is 33.6 Å². The Balaban J connectivity index is 2.07. The third kappa shape index (κ3) is 27.5. The molecule has 0 spiro atoms. The summed E-state index contributed by atoms with van der Waals surface area (Å²) >= 11 is 1.20. The van der Waals surface area contributed by atoms with Gasteiger partial charge in [-0.3, -0.25) is 28.9 Å². The second-order valence-electron chi connectivity index (χ2n) is 11.9. The molecule has 0 aliphatic carbocycles. The molecule has 1 aliphatic heterocycles. The highest BCUT2D eigenvalue weighted by Crippen LogP contribution is 2.25. The predicted octanol–water partition coefficient (Wildman–Crippen LogP) is -0.935. The summed E-state index contributed by atoms with van der Waals surface area (Å²) in [7, 11) is 0. The van der Waals surface area contributed by atoms with Crippen LogP contribution in [0.25, 0.3) is 0 Å². The number of amides is 5. The van der Waals surface area contributed by atoms with Crippen LogP contribution in [0, 0.1) is 0 Å². The van der Waals surface area contributed by atoms with E-state index in [1.165, 1.54) is 11.8 Å². The second kappa shape index (κ2) is 36.3. The van der Waals surface area contributed by atoms with Crippen LogP contribution in [0.2, 0.25) is 0 Å². The number of hydrogen-bond acceptors (Lipinski definition) is 16. The smallest absolute Gasteiger partial charge is 0.242 e. The highest BCUT2D eigenvalue weighted by Gasteiger charge is 2.38. The van der Waals surface area contributed by atoms with Crippen LogP contribution in [-0.4, -0.2) is 189 Å². The van der Waals surface area contributed by atoms with Crippen LogP contribution in [-0.2, 0) is 71.5 Å². The van der Waals surface area contributed by atoms with Gasteiger partial charge >= 0.3 is 0 Å². The number of nitrogens with zero attached hydrogens (tertiary/aromatic N) is 1. The van der Waals surface area contributed by atoms with Crippen LogP contribution in [0.5, 0.6) is 0 Å². The number of imide groups is 1. The first-order valence-corrected chi connectivity index (χ1v) is 20.2. The molecule has 1 rings (SSSR count). The van der Waals surface area contributed by atoms with Gasteiger partial charge in [-0.2, -0.15) is 0 Å². The molecule has 5 amide bonds. The van der Waals surface area contributed by atoms with Gasteiger partial charge in [-0.25, -0.2) is 0 Å². The monoisotopic (exact) mass is 822 g/mol. The average Bonchev–Trinajstić information content (AvgIpc) is 3.46. The van der Waals surface area contributed by atoms with E-state index in [-0.39, 0.29) is 87.4 Å². The number of aldehydes is 2. The maximum atomic E-state index is 12.8. The quantitative estimate of drug-likeness (QED) is 0.0385. The minimum Gasteiger partial charge on any atom is -0.379 e. The zero-order chi connectivity index (χ0) is 40.9. The van der Waals surface area contributed by atoms with Crippen LogP contribution in [0.15, 0.2) is 0 Å². The van der Waals surface area contributed by atoms with Crippen molar-refractivity contribution < 1.29 is 71.5 Å². The molecule has 0 radical (unpaired) electrons. The van der Waals surface area contributed by atoms with E-state index in [0.29, 0.717) is 112 Å². The van der Waals surface area contributed by atoms with Crippen LogP contribution in [0.4, 0.5) is 0 Å². The number of likely N-dealkylation sites (tertiary alicyclic amines) is 1. The maximum Gasteiger partial charge on any atom is 0.242 e. The molecule has 1 fully saturated rings. The Bertz CT molecular complexity index is 1110. The van der Waals surface area contributed by atoms with Crippen LogP contribution < -0.4 is 16.0 Å².